The number of hydrogen-bond donors (Lipinski definition) is 0. The van der Waals surface area contributed by atoms with Gasteiger partial charge in [0.15, 0.2) is 12.7 Å². The van der Waals surface area contributed by atoms with Crippen LogP contribution < -0.4 is 9.47 Å². The Bertz CT molecular complexity index is 862. The van der Waals surface area contributed by atoms with Crippen molar-refractivity contribution in [1.29, 1.82) is 5.26 Å². The molecular formula is C21H21ClN2O5. The third kappa shape index (κ3) is 7.35. The number of likely N-dealkylation sites (N-methyl/N-ethyl adjacent to an activating group) is 1. The number of ether oxygens (including phenoxy) is 3. The van der Waals surface area contributed by atoms with Crippen molar-refractivity contribution in [1.82, 2.24) is 4.90 Å². The van der Waals surface area contributed by atoms with Gasteiger partial charge in [-0.15, -0.1) is 0 Å². The number of carbonyl (C=O) groups excluding carboxylic acids is 2. The molecule has 0 unspecified atom stereocenters. The van der Waals surface area contributed by atoms with Gasteiger partial charge in [-0.3, -0.25) is 4.79 Å². The molecule has 0 aromatic heterocycles. The van der Waals surface area contributed by atoms with Crippen LogP contribution in [0, 0.1) is 11.3 Å². The van der Waals surface area contributed by atoms with Gasteiger partial charge in [-0.1, -0.05) is 11.6 Å². The molecule has 0 saturated heterocycles. The zero-order valence-electron chi connectivity index (χ0n) is 16.1. The summed E-state index contributed by atoms with van der Waals surface area (Å²) in [5.74, 6) is 0.0591. The zero-order valence-corrected chi connectivity index (χ0v) is 16.9. The number of carbonyl (C=O) groups is 2. The summed E-state index contributed by atoms with van der Waals surface area (Å²) >= 11 is 5.81. The van der Waals surface area contributed by atoms with E-state index in [1.165, 1.54) is 11.8 Å². The molecule has 1 atom stereocenters. The molecule has 0 aliphatic carbocycles. The van der Waals surface area contributed by atoms with E-state index in [1.807, 2.05) is 6.07 Å². The first-order chi connectivity index (χ1) is 13.9. The van der Waals surface area contributed by atoms with E-state index in [9.17, 15) is 9.59 Å². The second kappa shape index (κ2) is 10.9. The highest BCUT2D eigenvalue weighted by Crippen LogP contribution is 2.15. The minimum atomic E-state index is -0.894. The number of esters is 1. The first-order valence-electron chi connectivity index (χ1n) is 8.85. The fraction of sp³-hybridized carbons (Fsp3) is 0.286. The van der Waals surface area contributed by atoms with E-state index in [-0.39, 0.29) is 12.5 Å². The SMILES string of the molecule is C[C@H](Oc1ccc(C#N)cc1)C(=O)OCC(=O)N(C)CCOc1ccc(Cl)cc1. The molecular weight excluding hydrogens is 396 g/mol. The number of amides is 1. The third-order valence-electron chi connectivity index (χ3n) is 3.90. The Balaban J connectivity index is 1.69. The Hall–Kier alpha value is -3.24. The summed E-state index contributed by atoms with van der Waals surface area (Å²) < 4.78 is 16.0. The van der Waals surface area contributed by atoms with Crippen LogP contribution in [-0.2, 0) is 14.3 Å². The summed E-state index contributed by atoms with van der Waals surface area (Å²) in [6.07, 6.45) is -0.894. The highest BCUT2D eigenvalue weighted by Gasteiger charge is 2.19. The molecule has 7 nitrogen and oxygen atoms in total. The maximum atomic E-state index is 12.1. The number of nitrogens with zero attached hydrogens (tertiary/aromatic N) is 2. The predicted molar refractivity (Wildman–Crippen MR) is 107 cm³/mol. The molecule has 0 saturated carbocycles. The van der Waals surface area contributed by atoms with Gasteiger partial charge in [-0.25, -0.2) is 4.79 Å². The molecule has 0 spiro atoms. The Kier molecular flexibility index (Phi) is 8.31. The van der Waals surface area contributed by atoms with Gasteiger partial charge in [0.2, 0.25) is 0 Å². The van der Waals surface area contributed by atoms with Crippen LogP contribution in [0.15, 0.2) is 48.5 Å². The average Bonchev–Trinajstić information content (AvgIpc) is 2.73. The molecule has 0 fully saturated rings. The minimum Gasteiger partial charge on any atom is -0.492 e. The van der Waals surface area contributed by atoms with Crippen molar-refractivity contribution in [2.45, 2.75) is 13.0 Å². The van der Waals surface area contributed by atoms with Crippen molar-refractivity contribution in [2.24, 2.45) is 0 Å². The van der Waals surface area contributed by atoms with E-state index in [2.05, 4.69) is 0 Å². The maximum Gasteiger partial charge on any atom is 0.347 e. The molecule has 8 heteroatoms. The monoisotopic (exact) mass is 416 g/mol. The fourth-order valence-corrected chi connectivity index (χ4v) is 2.30. The molecule has 2 aromatic carbocycles. The predicted octanol–water partition coefficient (Wildman–Crippen LogP) is 3.06. The van der Waals surface area contributed by atoms with Crippen LogP contribution in [0.2, 0.25) is 5.02 Å². The van der Waals surface area contributed by atoms with E-state index in [0.717, 1.165) is 0 Å². The fourth-order valence-electron chi connectivity index (χ4n) is 2.18. The summed E-state index contributed by atoms with van der Waals surface area (Å²) in [4.78, 5) is 25.5. The number of nitriles is 1. The van der Waals surface area contributed by atoms with E-state index in [4.69, 9.17) is 31.1 Å². The highest BCUT2D eigenvalue weighted by molar-refractivity contribution is 6.30. The molecule has 0 aliphatic heterocycles. The standard InChI is InChI=1S/C21H21ClN2O5/c1-15(29-19-7-3-16(13-23)4-8-19)21(26)28-14-20(25)24(2)11-12-27-18-9-5-17(22)6-10-18/h3-10,15H,11-12,14H2,1-2H3/t15-/m0/s1. The largest absolute Gasteiger partial charge is 0.492 e. The van der Waals surface area contributed by atoms with E-state index in [1.54, 1.807) is 55.6 Å². The Labute approximate surface area is 174 Å². The number of benzene rings is 2. The van der Waals surface area contributed by atoms with Crippen LogP contribution in [-0.4, -0.2) is 49.7 Å². The van der Waals surface area contributed by atoms with Gasteiger partial charge >= 0.3 is 5.97 Å². The molecule has 2 rings (SSSR count). The van der Waals surface area contributed by atoms with Crippen molar-refractivity contribution in [2.75, 3.05) is 26.8 Å². The van der Waals surface area contributed by atoms with E-state index < -0.39 is 18.7 Å². The highest BCUT2D eigenvalue weighted by atomic mass is 35.5. The maximum absolute atomic E-state index is 12.1. The molecule has 29 heavy (non-hydrogen) atoms. The van der Waals surface area contributed by atoms with Crippen LogP contribution in [0.5, 0.6) is 11.5 Å². The zero-order chi connectivity index (χ0) is 21.2. The number of hydrogen-bond acceptors (Lipinski definition) is 6. The van der Waals surface area contributed by atoms with Crippen LogP contribution in [0.25, 0.3) is 0 Å². The van der Waals surface area contributed by atoms with Crippen molar-refractivity contribution >= 4 is 23.5 Å². The molecule has 152 valence electrons. The molecule has 0 N–H and O–H groups in total. The van der Waals surface area contributed by atoms with Gasteiger partial charge in [-0.05, 0) is 55.5 Å². The van der Waals surface area contributed by atoms with Crippen LogP contribution in [0.3, 0.4) is 0 Å². The first kappa shape index (κ1) is 22.1. The van der Waals surface area contributed by atoms with Crippen molar-refractivity contribution in [3.8, 4) is 17.6 Å². The Morgan fingerprint density at radius 1 is 1.10 bits per heavy atom. The molecule has 1 amide bonds. The molecule has 0 bridgehead atoms. The summed E-state index contributed by atoms with van der Waals surface area (Å²) in [6.45, 7) is 1.75. The van der Waals surface area contributed by atoms with Gasteiger partial charge in [-0.2, -0.15) is 5.26 Å². The van der Waals surface area contributed by atoms with Gasteiger partial charge in [0.25, 0.3) is 5.91 Å². The summed E-state index contributed by atoms with van der Waals surface area (Å²) in [6, 6.07) is 15.2. The first-order valence-corrected chi connectivity index (χ1v) is 9.22. The molecule has 0 radical (unpaired) electrons. The van der Waals surface area contributed by atoms with Gasteiger partial charge in [0.05, 0.1) is 18.2 Å². The minimum absolute atomic E-state index is 0.288. The lowest BCUT2D eigenvalue weighted by Gasteiger charge is -2.18. The van der Waals surface area contributed by atoms with Crippen LogP contribution >= 0.6 is 11.6 Å². The van der Waals surface area contributed by atoms with E-state index in [0.29, 0.717) is 28.6 Å². The Morgan fingerprint density at radius 3 is 2.34 bits per heavy atom. The molecule has 2 aromatic rings. The Morgan fingerprint density at radius 2 is 1.72 bits per heavy atom. The molecule has 0 aliphatic rings. The lowest BCUT2D eigenvalue weighted by molar-refractivity contribution is -0.157. The lowest BCUT2D eigenvalue weighted by Crippen LogP contribution is -2.36. The van der Waals surface area contributed by atoms with Crippen molar-refractivity contribution < 1.29 is 23.8 Å². The summed E-state index contributed by atoms with van der Waals surface area (Å²) in [7, 11) is 1.60. The smallest absolute Gasteiger partial charge is 0.347 e. The third-order valence-corrected chi connectivity index (χ3v) is 4.15. The van der Waals surface area contributed by atoms with Crippen molar-refractivity contribution in [3.63, 3.8) is 0 Å². The van der Waals surface area contributed by atoms with Gasteiger partial charge in [0, 0.05) is 12.1 Å². The molecule has 0 heterocycles. The summed E-state index contributed by atoms with van der Waals surface area (Å²) in [5, 5.41) is 9.39. The number of halogens is 1. The topological polar surface area (TPSA) is 88.9 Å². The number of rotatable bonds is 9. The second-order valence-corrected chi connectivity index (χ2v) is 6.56. The average molecular weight is 417 g/mol. The van der Waals surface area contributed by atoms with Gasteiger partial charge in [0.1, 0.15) is 18.1 Å². The second-order valence-electron chi connectivity index (χ2n) is 6.12. The lowest BCUT2D eigenvalue weighted by atomic mass is 10.2. The normalized spacial score (nSPS) is 11.1. The summed E-state index contributed by atoms with van der Waals surface area (Å²) in [5.41, 5.74) is 0.487. The quantitative estimate of drug-likeness (QED) is 0.584. The van der Waals surface area contributed by atoms with Gasteiger partial charge < -0.3 is 19.1 Å². The van der Waals surface area contributed by atoms with E-state index >= 15 is 0 Å². The van der Waals surface area contributed by atoms with Crippen LogP contribution in [0.1, 0.15) is 12.5 Å². The van der Waals surface area contributed by atoms with Crippen molar-refractivity contribution in [3.05, 3.63) is 59.1 Å². The van der Waals surface area contributed by atoms with Crippen LogP contribution in [0.4, 0.5) is 0 Å².